The van der Waals surface area contributed by atoms with Gasteiger partial charge in [-0.1, -0.05) is 54.1 Å². The number of halogens is 1. The van der Waals surface area contributed by atoms with E-state index in [2.05, 4.69) is 0 Å². The van der Waals surface area contributed by atoms with Gasteiger partial charge < -0.3 is 18.6 Å². The molecule has 4 aromatic rings. The number of fused-ring (bicyclic) bond motifs is 1. The Kier molecular flexibility index (Phi) is 6.42. The molecule has 0 N–H and O–H groups in total. The Labute approximate surface area is 188 Å². The molecule has 0 spiro atoms. The maximum absolute atomic E-state index is 12.1. The third-order valence-electron chi connectivity index (χ3n) is 4.79. The van der Waals surface area contributed by atoms with E-state index >= 15 is 0 Å². The summed E-state index contributed by atoms with van der Waals surface area (Å²) in [6.45, 7) is -0.185. The minimum Gasteiger partial charge on any atom is -0.497 e. The van der Waals surface area contributed by atoms with Crippen molar-refractivity contribution in [2.45, 2.75) is 6.61 Å². The Balaban J connectivity index is 1.54. The minimum absolute atomic E-state index is 0.147. The van der Waals surface area contributed by atoms with E-state index in [1.165, 1.54) is 12.1 Å². The molecule has 0 atom stereocenters. The molecule has 0 aliphatic carbocycles. The summed E-state index contributed by atoms with van der Waals surface area (Å²) in [6.07, 6.45) is 0. The van der Waals surface area contributed by atoms with Gasteiger partial charge in [0.2, 0.25) is 0 Å². The Bertz CT molecular complexity index is 1300. The maximum Gasteiger partial charge on any atom is 0.344 e. The van der Waals surface area contributed by atoms with Crippen LogP contribution in [0.2, 0.25) is 5.02 Å². The summed E-state index contributed by atoms with van der Waals surface area (Å²) >= 11 is 6.39. The van der Waals surface area contributed by atoms with Gasteiger partial charge in [-0.3, -0.25) is 0 Å². The van der Waals surface area contributed by atoms with Crippen LogP contribution in [0.3, 0.4) is 0 Å². The third-order valence-corrected chi connectivity index (χ3v) is 5.08. The van der Waals surface area contributed by atoms with Crippen LogP contribution in [0.5, 0.6) is 11.5 Å². The summed E-state index contributed by atoms with van der Waals surface area (Å²) in [4.78, 5) is 24.2. The van der Waals surface area contributed by atoms with Gasteiger partial charge in [0.05, 0.1) is 12.1 Å². The summed E-state index contributed by atoms with van der Waals surface area (Å²) in [6, 6.07) is 21.2. The van der Waals surface area contributed by atoms with Crippen molar-refractivity contribution in [1.29, 1.82) is 0 Å². The van der Waals surface area contributed by atoms with Crippen molar-refractivity contribution in [1.82, 2.24) is 0 Å². The Morgan fingerprint density at radius 2 is 1.75 bits per heavy atom. The second-order valence-corrected chi connectivity index (χ2v) is 7.33. The minimum atomic E-state index is -0.543. The lowest BCUT2D eigenvalue weighted by Gasteiger charge is -2.11. The van der Waals surface area contributed by atoms with Crippen molar-refractivity contribution in [3.8, 4) is 22.6 Å². The summed E-state index contributed by atoms with van der Waals surface area (Å²) < 4.78 is 21.3. The smallest absolute Gasteiger partial charge is 0.344 e. The molecule has 7 heteroatoms. The molecule has 3 aromatic carbocycles. The molecule has 162 valence electrons. The Morgan fingerprint density at radius 1 is 1.00 bits per heavy atom. The van der Waals surface area contributed by atoms with E-state index in [-0.39, 0.29) is 24.0 Å². The molecular formula is C25H19ClO6. The molecule has 0 aliphatic heterocycles. The standard InChI is InChI=1S/C25H19ClO6/c1-29-18-9-7-17(8-10-18)19-12-24(27)32-22-13-23(21(26)11-20(19)22)30-15-25(28)31-14-16-5-3-2-4-6-16/h2-13H,14-15H2,1H3. The van der Waals surface area contributed by atoms with Crippen LogP contribution >= 0.6 is 11.6 Å². The second kappa shape index (κ2) is 9.58. The molecular weight excluding hydrogens is 432 g/mol. The van der Waals surface area contributed by atoms with Crippen molar-refractivity contribution in [3.63, 3.8) is 0 Å². The molecule has 1 heterocycles. The van der Waals surface area contributed by atoms with Gasteiger partial charge in [-0.05, 0) is 34.9 Å². The molecule has 0 saturated heterocycles. The van der Waals surface area contributed by atoms with Crippen molar-refractivity contribution < 1.29 is 23.4 Å². The van der Waals surface area contributed by atoms with Gasteiger partial charge in [-0.25, -0.2) is 9.59 Å². The highest BCUT2D eigenvalue weighted by Gasteiger charge is 2.14. The first-order chi connectivity index (χ1) is 15.5. The van der Waals surface area contributed by atoms with Crippen LogP contribution in [0.15, 0.2) is 82.0 Å². The highest BCUT2D eigenvalue weighted by molar-refractivity contribution is 6.33. The van der Waals surface area contributed by atoms with Gasteiger partial charge in [-0.2, -0.15) is 0 Å². The van der Waals surface area contributed by atoms with E-state index in [1.807, 2.05) is 42.5 Å². The number of methoxy groups -OCH3 is 1. The summed E-state index contributed by atoms with van der Waals surface area (Å²) in [5.74, 6) is 0.373. The van der Waals surface area contributed by atoms with E-state index < -0.39 is 11.6 Å². The Hall–Kier alpha value is -3.77. The quantitative estimate of drug-likeness (QED) is 0.283. The lowest BCUT2D eigenvalue weighted by atomic mass is 10.0. The van der Waals surface area contributed by atoms with Crippen LogP contribution in [0.25, 0.3) is 22.1 Å². The average molecular weight is 451 g/mol. The molecule has 0 radical (unpaired) electrons. The van der Waals surface area contributed by atoms with Gasteiger partial charge in [0.25, 0.3) is 0 Å². The zero-order valence-corrected chi connectivity index (χ0v) is 17.9. The average Bonchev–Trinajstić information content (AvgIpc) is 2.82. The molecule has 0 bridgehead atoms. The fourth-order valence-electron chi connectivity index (χ4n) is 3.20. The number of ether oxygens (including phenoxy) is 3. The number of hydrogen-bond donors (Lipinski definition) is 0. The summed E-state index contributed by atoms with van der Waals surface area (Å²) in [5, 5.41) is 0.913. The zero-order chi connectivity index (χ0) is 22.5. The van der Waals surface area contributed by atoms with Crippen LogP contribution in [0.4, 0.5) is 0 Å². The van der Waals surface area contributed by atoms with Crippen molar-refractivity contribution in [2.75, 3.05) is 13.7 Å². The first-order valence-electron chi connectivity index (χ1n) is 9.77. The van der Waals surface area contributed by atoms with Crippen molar-refractivity contribution >= 4 is 28.5 Å². The first kappa shape index (κ1) is 21.5. The van der Waals surface area contributed by atoms with Gasteiger partial charge in [0.15, 0.2) is 6.61 Å². The topological polar surface area (TPSA) is 75.0 Å². The SMILES string of the molecule is COc1ccc(-c2cc(=O)oc3cc(OCC(=O)OCc4ccccc4)c(Cl)cc23)cc1. The van der Waals surface area contributed by atoms with Gasteiger partial charge in [0, 0.05) is 17.5 Å². The maximum atomic E-state index is 12.1. The number of rotatable bonds is 7. The number of hydrogen-bond acceptors (Lipinski definition) is 6. The van der Waals surface area contributed by atoms with E-state index in [1.54, 1.807) is 25.3 Å². The zero-order valence-electron chi connectivity index (χ0n) is 17.2. The molecule has 1 aromatic heterocycles. The van der Waals surface area contributed by atoms with Crippen LogP contribution in [-0.2, 0) is 16.1 Å². The predicted molar refractivity (Wildman–Crippen MR) is 121 cm³/mol. The highest BCUT2D eigenvalue weighted by atomic mass is 35.5. The fourth-order valence-corrected chi connectivity index (χ4v) is 3.42. The second-order valence-electron chi connectivity index (χ2n) is 6.92. The van der Waals surface area contributed by atoms with Crippen LogP contribution in [0.1, 0.15) is 5.56 Å². The van der Waals surface area contributed by atoms with Crippen molar-refractivity contribution in [3.05, 3.63) is 93.8 Å². The molecule has 0 fully saturated rings. The molecule has 0 amide bonds. The molecule has 0 aliphatic rings. The van der Waals surface area contributed by atoms with E-state index in [9.17, 15) is 9.59 Å². The summed E-state index contributed by atoms with van der Waals surface area (Å²) in [7, 11) is 1.58. The molecule has 0 saturated carbocycles. The molecule has 4 rings (SSSR count). The normalized spacial score (nSPS) is 10.7. The lowest BCUT2D eigenvalue weighted by Crippen LogP contribution is -2.15. The number of carbonyl (C=O) groups excluding carboxylic acids is 1. The molecule has 0 unspecified atom stereocenters. The van der Waals surface area contributed by atoms with E-state index in [0.29, 0.717) is 22.3 Å². The number of benzene rings is 3. The monoisotopic (exact) mass is 450 g/mol. The molecule has 6 nitrogen and oxygen atoms in total. The number of esters is 1. The fraction of sp³-hybridized carbons (Fsp3) is 0.120. The van der Waals surface area contributed by atoms with Gasteiger partial charge >= 0.3 is 11.6 Å². The van der Waals surface area contributed by atoms with Crippen LogP contribution in [0, 0.1) is 0 Å². The third kappa shape index (κ3) is 4.92. The van der Waals surface area contributed by atoms with Crippen LogP contribution in [-0.4, -0.2) is 19.7 Å². The van der Waals surface area contributed by atoms with E-state index in [0.717, 1.165) is 11.1 Å². The van der Waals surface area contributed by atoms with Crippen molar-refractivity contribution in [2.24, 2.45) is 0 Å². The van der Waals surface area contributed by atoms with Gasteiger partial charge in [0.1, 0.15) is 23.7 Å². The first-order valence-corrected chi connectivity index (χ1v) is 10.2. The van der Waals surface area contributed by atoms with Gasteiger partial charge in [-0.15, -0.1) is 0 Å². The predicted octanol–water partition coefficient (Wildman–Crippen LogP) is 5.24. The number of carbonyl (C=O) groups is 1. The lowest BCUT2D eigenvalue weighted by molar-refractivity contribution is -0.147. The highest BCUT2D eigenvalue weighted by Crippen LogP contribution is 2.35. The van der Waals surface area contributed by atoms with Crippen LogP contribution < -0.4 is 15.1 Å². The largest absolute Gasteiger partial charge is 0.497 e. The Morgan fingerprint density at radius 3 is 2.47 bits per heavy atom. The molecule has 32 heavy (non-hydrogen) atoms. The summed E-state index contributed by atoms with van der Waals surface area (Å²) in [5.41, 5.74) is 2.12. The van der Waals surface area contributed by atoms with E-state index in [4.69, 9.17) is 30.2 Å².